The van der Waals surface area contributed by atoms with Gasteiger partial charge in [-0.1, -0.05) is 408 Å². The summed E-state index contributed by atoms with van der Waals surface area (Å²) in [5.74, 6) is -0.504. The first-order valence-corrected chi connectivity index (χ1v) is 47.5. The van der Waals surface area contributed by atoms with Crippen LogP contribution in [0.5, 0.6) is 0 Å². The summed E-state index contributed by atoms with van der Waals surface area (Å²) >= 11 is 0. The van der Waals surface area contributed by atoms with Gasteiger partial charge in [-0.15, -0.1) is 0 Å². The second kappa shape index (κ2) is 77.4. The third-order valence-corrected chi connectivity index (χ3v) is 22.5. The van der Waals surface area contributed by atoms with Crippen molar-refractivity contribution in [2.24, 2.45) is 11.8 Å². The van der Waals surface area contributed by atoms with E-state index in [1.54, 1.807) is 0 Å². The van der Waals surface area contributed by atoms with Crippen LogP contribution in [0.15, 0.2) is 0 Å². The number of rotatable bonds is 85. The Kier molecular flexibility index (Phi) is 76.0. The zero-order valence-corrected chi connectivity index (χ0v) is 70.8. The van der Waals surface area contributed by atoms with Crippen LogP contribution >= 0.6 is 15.6 Å². The Bertz CT molecular complexity index is 2010. The second-order valence-electron chi connectivity index (χ2n) is 31.6. The molecule has 0 bridgehead atoms. The molecule has 3 N–H and O–H groups in total. The molecule has 0 rings (SSSR count). The summed E-state index contributed by atoms with van der Waals surface area (Å²) in [5, 5.41) is 10.7. The molecule has 19 heteroatoms. The highest BCUT2D eigenvalue weighted by atomic mass is 31.2. The monoisotopic (exact) mass is 1540 g/mol. The van der Waals surface area contributed by atoms with E-state index in [4.69, 9.17) is 37.0 Å². The minimum Gasteiger partial charge on any atom is -0.462 e. The van der Waals surface area contributed by atoms with E-state index in [0.717, 1.165) is 102 Å². The van der Waals surface area contributed by atoms with Crippen LogP contribution in [0.1, 0.15) is 459 Å². The SMILES string of the molecule is CCCCCCCCCCCCCCCCCCCC(=O)OC[C@H](COP(=O)(O)OC[C@@H](O)COP(=O)(O)OC[C@@H](COC(=O)CCCCCCCCCCC(C)C)OC(=O)CCCCCCCCCCCCCCCCC)OC(=O)CCCCCCCCCCCCCCCCCCCCC(C)CC. The first-order chi connectivity index (χ1) is 50.9. The topological polar surface area (TPSA) is 237 Å². The molecular formula is C86H168O17P2. The molecular weight excluding hydrogens is 1370 g/mol. The van der Waals surface area contributed by atoms with Gasteiger partial charge in [0.05, 0.1) is 26.4 Å². The molecule has 0 radical (unpaired) electrons. The number of phosphoric acid groups is 2. The van der Waals surface area contributed by atoms with Crippen molar-refractivity contribution in [3.05, 3.63) is 0 Å². The molecule has 0 aliphatic carbocycles. The number of ether oxygens (including phenoxy) is 4. The van der Waals surface area contributed by atoms with Crippen LogP contribution in [0, 0.1) is 11.8 Å². The predicted octanol–water partition coefficient (Wildman–Crippen LogP) is 26.2. The molecule has 0 heterocycles. The number of phosphoric ester groups is 2. The Morgan fingerprint density at radius 3 is 0.724 bits per heavy atom. The molecule has 0 aliphatic rings. The van der Waals surface area contributed by atoms with Crippen LogP contribution in [0.3, 0.4) is 0 Å². The van der Waals surface area contributed by atoms with Gasteiger partial charge < -0.3 is 33.8 Å². The Morgan fingerprint density at radius 2 is 0.486 bits per heavy atom. The van der Waals surface area contributed by atoms with Crippen molar-refractivity contribution in [2.45, 2.75) is 477 Å². The number of carbonyl (C=O) groups is 4. The van der Waals surface area contributed by atoms with Gasteiger partial charge in [-0.25, -0.2) is 9.13 Å². The lowest BCUT2D eigenvalue weighted by Crippen LogP contribution is -2.30. The maximum absolute atomic E-state index is 13.1. The summed E-state index contributed by atoms with van der Waals surface area (Å²) in [6.45, 7) is 9.71. The highest BCUT2D eigenvalue weighted by molar-refractivity contribution is 7.47. The number of hydrogen-bond donors (Lipinski definition) is 3. The van der Waals surface area contributed by atoms with Gasteiger partial charge in [0.15, 0.2) is 12.2 Å². The van der Waals surface area contributed by atoms with Crippen molar-refractivity contribution < 1.29 is 80.2 Å². The largest absolute Gasteiger partial charge is 0.472 e. The minimum absolute atomic E-state index is 0.108. The van der Waals surface area contributed by atoms with Crippen molar-refractivity contribution in [1.82, 2.24) is 0 Å². The molecule has 17 nitrogen and oxygen atoms in total. The smallest absolute Gasteiger partial charge is 0.462 e. The molecule has 0 aromatic rings. The minimum atomic E-state index is -4.97. The third-order valence-electron chi connectivity index (χ3n) is 20.6. The van der Waals surface area contributed by atoms with Gasteiger partial charge in [0.2, 0.25) is 0 Å². The van der Waals surface area contributed by atoms with Crippen molar-refractivity contribution in [1.29, 1.82) is 0 Å². The fourth-order valence-corrected chi connectivity index (χ4v) is 15.0. The molecule has 0 saturated carbocycles. The first kappa shape index (κ1) is 103. The molecule has 3 unspecified atom stereocenters. The lowest BCUT2D eigenvalue weighted by molar-refractivity contribution is -0.161. The Hall–Kier alpha value is -1.94. The molecule has 0 aromatic carbocycles. The molecule has 0 spiro atoms. The summed E-state index contributed by atoms with van der Waals surface area (Å²) in [4.78, 5) is 73.2. The van der Waals surface area contributed by atoms with Crippen LogP contribution in [0.2, 0.25) is 0 Å². The fraction of sp³-hybridized carbons (Fsp3) is 0.953. The van der Waals surface area contributed by atoms with Crippen LogP contribution < -0.4 is 0 Å². The van der Waals surface area contributed by atoms with Gasteiger partial charge in [-0.2, -0.15) is 0 Å². The molecule has 105 heavy (non-hydrogen) atoms. The molecule has 624 valence electrons. The lowest BCUT2D eigenvalue weighted by atomic mass is 9.99. The summed E-state index contributed by atoms with van der Waals surface area (Å²) in [5.41, 5.74) is 0. The average Bonchev–Trinajstić information content (AvgIpc) is 0.910. The van der Waals surface area contributed by atoms with E-state index in [2.05, 4.69) is 41.5 Å². The van der Waals surface area contributed by atoms with Crippen LogP contribution in [0.4, 0.5) is 0 Å². The van der Waals surface area contributed by atoms with E-state index in [1.807, 2.05) is 0 Å². The van der Waals surface area contributed by atoms with Gasteiger partial charge in [-0.3, -0.25) is 37.3 Å². The first-order valence-electron chi connectivity index (χ1n) is 44.5. The highest BCUT2D eigenvalue weighted by Gasteiger charge is 2.30. The molecule has 0 fully saturated rings. The van der Waals surface area contributed by atoms with Gasteiger partial charge in [0.25, 0.3) is 0 Å². The summed E-state index contributed by atoms with van der Waals surface area (Å²) in [7, 11) is -9.93. The molecule has 6 atom stereocenters. The number of hydrogen-bond acceptors (Lipinski definition) is 15. The number of carbonyl (C=O) groups excluding carboxylic acids is 4. The summed E-state index contributed by atoms with van der Waals surface area (Å²) in [6, 6.07) is 0. The van der Waals surface area contributed by atoms with Gasteiger partial charge in [0, 0.05) is 25.7 Å². The molecule has 0 saturated heterocycles. The molecule has 0 amide bonds. The van der Waals surface area contributed by atoms with E-state index < -0.39 is 97.5 Å². The van der Waals surface area contributed by atoms with Crippen molar-refractivity contribution in [3.8, 4) is 0 Å². The zero-order valence-electron chi connectivity index (χ0n) is 69.0. The quantitative estimate of drug-likeness (QED) is 0.0222. The second-order valence-corrected chi connectivity index (χ2v) is 34.6. The van der Waals surface area contributed by atoms with Gasteiger partial charge in [0.1, 0.15) is 19.3 Å². The normalized spacial score (nSPS) is 14.1. The van der Waals surface area contributed by atoms with E-state index in [9.17, 15) is 43.2 Å². The molecule has 0 aliphatic heterocycles. The van der Waals surface area contributed by atoms with Gasteiger partial charge >= 0.3 is 39.5 Å². The van der Waals surface area contributed by atoms with Gasteiger partial charge in [-0.05, 0) is 37.5 Å². The molecule has 0 aromatic heterocycles. The Balaban J connectivity index is 5.23. The highest BCUT2D eigenvalue weighted by Crippen LogP contribution is 2.45. The number of aliphatic hydroxyl groups is 1. The van der Waals surface area contributed by atoms with E-state index >= 15 is 0 Å². The number of esters is 4. The summed E-state index contributed by atoms with van der Waals surface area (Å²) < 4.78 is 68.9. The van der Waals surface area contributed by atoms with Crippen LogP contribution in [-0.2, 0) is 65.4 Å². The maximum Gasteiger partial charge on any atom is 0.472 e. The maximum atomic E-state index is 13.1. The van der Waals surface area contributed by atoms with E-state index in [-0.39, 0.29) is 25.7 Å². The third kappa shape index (κ3) is 78.5. The average molecular weight is 1540 g/mol. The fourth-order valence-electron chi connectivity index (χ4n) is 13.4. The standard InChI is InChI=1S/C86H168O17P2/c1-7-10-12-14-16-18-20-22-24-27-32-35-39-43-50-56-62-68-83(88)96-74-81(102-85(90)71-65-59-53-45-41-37-33-29-26-25-28-31-34-38-42-49-55-61-67-79(6)9-3)76-100-104(92,93)98-72-80(87)73-99-105(94,95)101-77-82(75-97-84(89)69-63-57-51-47-46-48-54-60-66-78(4)5)103-86(91)70-64-58-52-44-40-36-30-23-21-19-17-15-13-11-8-2/h78-82,87H,7-77H2,1-6H3,(H,92,93)(H,94,95)/t79?,80-,81-,82-/m1/s1. The van der Waals surface area contributed by atoms with Crippen LogP contribution in [0.25, 0.3) is 0 Å². The van der Waals surface area contributed by atoms with Crippen LogP contribution in [-0.4, -0.2) is 96.7 Å². The Morgan fingerprint density at radius 1 is 0.276 bits per heavy atom. The van der Waals surface area contributed by atoms with E-state index in [1.165, 1.54) is 276 Å². The summed E-state index contributed by atoms with van der Waals surface area (Å²) in [6.07, 6.45) is 69.4. The van der Waals surface area contributed by atoms with Crippen molar-refractivity contribution >= 4 is 39.5 Å². The van der Waals surface area contributed by atoms with Crippen molar-refractivity contribution in [2.75, 3.05) is 39.6 Å². The Labute approximate surface area is 645 Å². The van der Waals surface area contributed by atoms with E-state index in [0.29, 0.717) is 25.7 Å². The predicted molar refractivity (Wildman–Crippen MR) is 432 cm³/mol. The number of unbranched alkanes of at least 4 members (excludes halogenated alkanes) is 54. The lowest BCUT2D eigenvalue weighted by Gasteiger charge is -2.21. The number of aliphatic hydroxyl groups excluding tert-OH is 1. The van der Waals surface area contributed by atoms with Crippen molar-refractivity contribution in [3.63, 3.8) is 0 Å². The zero-order chi connectivity index (χ0) is 77.1.